The van der Waals surface area contributed by atoms with Crippen LogP contribution in [0.3, 0.4) is 0 Å². The fraction of sp³-hybridized carbons (Fsp3) is 0.179. The number of benzene rings is 3. The molecule has 0 atom stereocenters. The third-order valence-corrected chi connectivity index (χ3v) is 5.67. The zero-order valence-electron chi connectivity index (χ0n) is 21.6. The van der Waals surface area contributed by atoms with Crippen LogP contribution < -0.4 is 29.2 Å². The SMILES string of the molecule is CCOc1cc(/C=C2\C(=O)NC(=O)N(c3ccc(OC)cc3)C2=O)ccc1OCCOc1ccc([N+](=O)[O-])cc1. The van der Waals surface area contributed by atoms with Crippen LogP contribution in [0.4, 0.5) is 16.2 Å². The molecule has 0 saturated carbocycles. The monoisotopic (exact) mass is 547 g/mol. The lowest BCUT2D eigenvalue weighted by Crippen LogP contribution is -2.54. The molecule has 3 aromatic rings. The van der Waals surface area contributed by atoms with Crippen LogP contribution in [-0.4, -0.2) is 49.7 Å². The van der Waals surface area contributed by atoms with Crippen LogP contribution in [0.2, 0.25) is 0 Å². The molecule has 0 radical (unpaired) electrons. The minimum Gasteiger partial charge on any atom is -0.497 e. The number of methoxy groups -OCH3 is 1. The molecule has 0 aromatic heterocycles. The van der Waals surface area contributed by atoms with E-state index in [9.17, 15) is 24.5 Å². The first-order valence-corrected chi connectivity index (χ1v) is 12.1. The van der Waals surface area contributed by atoms with Crippen molar-refractivity contribution in [2.75, 3.05) is 31.8 Å². The Bertz CT molecular complexity index is 1450. The number of non-ortho nitro benzene ring substituents is 1. The van der Waals surface area contributed by atoms with E-state index in [0.717, 1.165) is 4.90 Å². The smallest absolute Gasteiger partial charge is 0.335 e. The summed E-state index contributed by atoms with van der Waals surface area (Å²) in [5.74, 6) is 0.190. The number of hydrogen-bond donors (Lipinski definition) is 1. The summed E-state index contributed by atoms with van der Waals surface area (Å²) in [6.07, 6.45) is 1.37. The summed E-state index contributed by atoms with van der Waals surface area (Å²) in [6, 6.07) is 16.0. The summed E-state index contributed by atoms with van der Waals surface area (Å²) in [6.45, 7) is 2.44. The first-order chi connectivity index (χ1) is 19.3. The number of anilines is 1. The maximum absolute atomic E-state index is 13.2. The minimum absolute atomic E-state index is 0.0348. The number of carbonyl (C=O) groups is 3. The third-order valence-electron chi connectivity index (χ3n) is 5.67. The number of rotatable bonds is 11. The predicted molar refractivity (Wildman–Crippen MR) is 144 cm³/mol. The molecule has 12 nitrogen and oxygen atoms in total. The number of barbiturate groups is 1. The van der Waals surface area contributed by atoms with Gasteiger partial charge in [0.25, 0.3) is 17.5 Å². The molecule has 1 N–H and O–H groups in total. The fourth-order valence-electron chi connectivity index (χ4n) is 3.77. The Kier molecular flexibility index (Phi) is 8.59. The van der Waals surface area contributed by atoms with E-state index in [-0.39, 0.29) is 30.2 Å². The van der Waals surface area contributed by atoms with Crippen molar-refractivity contribution >= 4 is 35.3 Å². The van der Waals surface area contributed by atoms with Crippen LogP contribution in [0.5, 0.6) is 23.0 Å². The first-order valence-electron chi connectivity index (χ1n) is 12.1. The average Bonchev–Trinajstić information content (AvgIpc) is 2.95. The molecule has 0 spiro atoms. The van der Waals surface area contributed by atoms with Gasteiger partial charge in [-0.25, -0.2) is 9.69 Å². The van der Waals surface area contributed by atoms with Crippen molar-refractivity contribution in [2.24, 2.45) is 0 Å². The first kappa shape index (κ1) is 27.6. The normalized spacial score (nSPS) is 14.1. The zero-order valence-corrected chi connectivity index (χ0v) is 21.6. The van der Waals surface area contributed by atoms with Crippen molar-refractivity contribution in [3.63, 3.8) is 0 Å². The second-order valence-electron chi connectivity index (χ2n) is 8.24. The molecule has 1 saturated heterocycles. The van der Waals surface area contributed by atoms with Gasteiger partial charge in [0.2, 0.25) is 0 Å². The molecule has 1 aliphatic rings. The Morgan fingerprint density at radius 1 is 0.875 bits per heavy atom. The quantitative estimate of drug-likeness (QED) is 0.123. The highest BCUT2D eigenvalue weighted by atomic mass is 16.6. The zero-order chi connectivity index (χ0) is 28.6. The Morgan fingerprint density at radius 2 is 1.55 bits per heavy atom. The number of nitrogens with zero attached hydrogens (tertiary/aromatic N) is 2. The number of ether oxygens (including phenoxy) is 4. The summed E-state index contributed by atoms with van der Waals surface area (Å²) < 4.78 is 22.1. The van der Waals surface area contributed by atoms with Crippen LogP contribution in [-0.2, 0) is 9.59 Å². The molecule has 1 heterocycles. The van der Waals surface area contributed by atoms with Crippen molar-refractivity contribution in [3.8, 4) is 23.0 Å². The average molecular weight is 548 g/mol. The summed E-state index contributed by atoms with van der Waals surface area (Å²) in [4.78, 5) is 49.3. The summed E-state index contributed by atoms with van der Waals surface area (Å²) in [5, 5.41) is 13.0. The molecule has 1 aliphatic heterocycles. The van der Waals surface area contributed by atoms with Crippen molar-refractivity contribution in [1.29, 1.82) is 0 Å². The van der Waals surface area contributed by atoms with E-state index < -0.39 is 22.8 Å². The van der Waals surface area contributed by atoms with Gasteiger partial charge in [-0.3, -0.25) is 25.0 Å². The topological polar surface area (TPSA) is 147 Å². The summed E-state index contributed by atoms with van der Waals surface area (Å²) in [7, 11) is 1.50. The lowest BCUT2D eigenvalue weighted by Gasteiger charge is -2.26. The van der Waals surface area contributed by atoms with Crippen molar-refractivity contribution in [1.82, 2.24) is 5.32 Å². The van der Waals surface area contributed by atoms with E-state index in [2.05, 4.69) is 5.32 Å². The van der Waals surface area contributed by atoms with E-state index >= 15 is 0 Å². The third kappa shape index (κ3) is 6.35. The van der Waals surface area contributed by atoms with Crippen LogP contribution in [0.25, 0.3) is 6.08 Å². The van der Waals surface area contributed by atoms with E-state index in [0.29, 0.717) is 35.2 Å². The number of nitro groups is 1. The van der Waals surface area contributed by atoms with Crippen molar-refractivity contribution < 1.29 is 38.3 Å². The largest absolute Gasteiger partial charge is 0.497 e. The van der Waals surface area contributed by atoms with Crippen molar-refractivity contribution in [3.05, 3.63) is 88.0 Å². The van der Waals surface area contributed by atoms with Gasteiger partial charge in [0.05, 0.1) is 24.3 Å². The molecule has 4 rings (SSSR count). The molecule has 206 valence electrons. The summed E-state index contributed by atoms with van der Waals surface area (Å²) >= 11 is 0. The van der Waals surface area contributed by atoms with E-state index in [1.165, 1.54) is 49.6 Å². The highest BCUT2D eigenvalue weighted by Gasteiger charge is 2.36. The number of amides is 4. The minimum atomic E-state index is -0.855. The van der Waals surface area contributed by atoms with Gasteiger partial charge in [0.15, 0.2) is 11.5 Å². The molecule has 12 heteroatoms. The second-order valence-corrected chi connectivity index (χ2v) is 8.24. The van der Waals surface area contributed by atoms with E-state index in [4.69, 9.17) is 18.9 Å². The molecule has 0 unspecified atom stereocenters. The Balaban J connectivity index is 1.47. The van der Waals surface area contributed by atoms with Gasteiger partial charge in [-0.2, -0.15) is 0 Å². The molecule has 40 heavy (non-hydrogen) atoms. The molecule has 0 bridgehead atoms. The lowest BCUT2D eigenvalue weighted by molar-refractivity contribution is -0.384. The molecule has 3 aromatic carbocycles. The molecule has 4 amide bonds. The fourth-order valence-corrected chi connectivity index (χ4v) is 3.77. The van der Waals surface area contributed by atoms with Crippen molar-refractivity contribution in [2.45, 2.75) is 6.92 Å². The van der Waals surface area contributed by atoms with E-state index in [1.807, 2.05) is 0 Å². The maximum Gasteiger partial charge on any atom is 0.335 e. The Labute approximate surface area is 228 Å². The van der Waals surface area contributed by atoms with Crippen LogP contribution in [0.1, 0.15) is 12.5 Å². The maximum atomic E-state index is 13.2. The van der Waals surface area contributed by atoms with Gasteiger partial charge in [-0.15, -0.1) is 0 Å². The van der Waals surface area contributed by atoms with E-state index in [1.54, 1.807) is 37.3 Å². The highest BCUT2D eigenvalue weighted by molar-refractivity contribution is 6.39. The number of imide groups is 2. The lowest BCUT2D eigenvalue weighted by atomic mass is 10.1. The summed E-state index contributed by atoms with van der Waals surface area (Å²) in [5.41, 5.74) is 0.479. The van der Waals surface area contributed by atoms with Gasteiger partial charge in [-0.05, 0) is 67.1 Å². The highest BCUT2D eigenvalue weighted by Crippen LogP contribution is 2.31. The number of hydrogen-bond acceptors (Lipinski definition) is 9. The van der Waals surface area contributed by atoms with Gasteiger partial charge in [0.1, 0.15) is 30.3 Å². The van der Waals surface area contributed by atoms with Gasteiger partial charge in [-0.1, -0.05) is 6.07 Å². The Morgan fingerprint density at radius 3 is 2.20 bits per heavy atom. The van der Waals surface area contributed by atoms with Crippen LogP contribution in [0.15, 0.2) is 72.3 Å². The molecule has 0 aliphatic carbocycles. The second kappa shape index (κ2) is 12.4. The standard InChI is InChI=1S/C28H25N3O9/c1-3-38-25-17-18(4-13-24(25)40-15-14-39-22-11-7-20(8-12-22)31(35)36)16-23-26(32)29-28(34)30(27(23)33)19-5-9-21(37-2)10-6-19/h4-13,16-17H,3,14-15H2,1-2H3,(H,29,32,34)/b23-16+. The molecular weight excluding hydrogens is 522 g/mol. The molecule has 1 fully saturated rings. The molecular formula is C28H25N3O9. The predicted octanol–water partition coefficient (Wildman–Crippen LogP) is 4.13. The number of urea groups is 1. The number of nitro benzene ring substituents is 1. The van der Waals surface area contributed by atoms with Gasteiger partial charge < -0.3 is 18.9 Å². The van der Waals surface area contributed by atoms with Crippen LogP contribution in [0, 0.1) is 10.1 Å². The van der Waals surface area contributed by atoms with Gasteiger partial charge >= 0.3 is 6.03 Å². The number of nitrogens with one attached hydrogen (secondary N) is 1. The Hall–Kier alpha value is -5.39. The van der Waals surface area contributed by atoms with Crippen LogP contribution >= 0.6 is 0 Å². The van der Waals surface area contributed by atoms with Gasteiger partial charge in [0, 0.05) is 12.1 Å². The number of carbonyl (C=O) groups excluding carboxylic acids is 3.